The van der Waals surface area contributed by atoms with Gasteiger partial charge in [0.2, 0.25) is 0 Å². The van der Waals surface area contributed by atoms with Crippen LogP contribution >= 0.6 is 0 Å². The van der Waals surface area contributed by atoms with Gasteiger partial charge in [-0.25, -0.2) is 0 Å². The van der Waals surface area contributed by atoms with Gasteiger partial charge >= 0.3 is 0 Å². The maximum Gasteiger partial charge on any atom is 0.0461 e. The molecule has 78 heavy (non-hydrogen) atoms. The lowest BCUT2D eigenvalue weighted by molar-refractivity contribution is 0.596. The molecule has 0 nitrogen and oxygen atoms in total. The number of allylic oxidation sites excluding steroid dienone is 13. The average Bonchev–Trinajstić information content (AvgIpc) is 3.97. The Morgan fingerprint density at radius 1 is 0.487 bits per heavy atom. The third-order valence-electron chi connectivity index (χ3n) is 15.0. The van der Waals surface area contributed by atoms with Crippen LogP contribution in [-0.4, -0.2) is 0 Å². The number of hydrogen-bond acceptors (Lipinski definition) is 0. The van der Waals surface area contributed by atoms with Crippen molar-refractivity contribution in [3.8, 4) is 55.6 Å². The summed E-state index contributed by atoms with van der Waals surface area (Å²) >= 11 is 0. The van der Waals surface area contributed by atoms with Crippen LogP contribution in [0.5, 0.6) is 0 Å². The van der Waals surface area contributed by atoms with Gasteiger partial charge in [-0.05, 0) is 173 Å². The molecule has 2 unspecified atom stereocenters. The Morgan fingerprint density at radius 2 is 1.12 bits per heavy atom. The Labute approximate surface area is 470 Å². The molecule has 2 aliphatic carbocycles. The highest BCUT2D eigenvalue weighted by atomic mass is 14.5. The molecule has 0 heterocycles. The summed E-state index contributed by atoms with van der Waals surface area (Å²) in [5.74, 6) is 0.543. The fourth-order valence-corrected chi connectivity index (χ4v) is 10.8. The van der Waals surface area contributed by atoms with Gasteiger partial charge in [0.1, 0.15) is 0 Å². The first-order valence-corrected chi connectivity index (χ1v) is 28.6. The van der Waals surface area contributed by atoms with Gasteiger partial charge in [-0.2, -0.15) is 0 Å². The predicted molar refractivity (Wildman–Crippen MR) is 344 cm³/mol. The SMILES string of the molecule is C/C=C/C=C\C=C/c1ccc2c(c1)C(C/C=C\C=C/CC)(C1=CC=CCC1)c1ccccc1-2.CC.CCC(C)c1ccccc1-c1cccc(-c2ccc(-c3cc(-c4ccccc4)ccc3C)c(C)c2)c1.Cc1ccccc1. The normalized spacial score (nSPS) is 14.8. The van der Waals surface area contributed by atoms with E-state index in [2.05, 4.69) is 284 Å². The van der Waals surface area contributed by atoms with Gasteiger partial charge in [-0.1, -0.05) is 295 Å². The number of fused-ring (bicyclic) bond motifs is 3. The standard InChI is InChI=1S/C36H34.C33H34.C7H8.C2H6/c1-5-25(2)33-16-9-10-17-35(33)32-15-11-14-29(23-32)30-20-21-34(27(4)22-30)36-24-31(19-18-26(36)3)28-12-7-6-8-13-28;1-3-5-7-9-12-18-27-23-24-30-29-21-15-16-22-31(29)33(32(30)26-27,25-17-10-8-6-4-2)28-19-13-11-14-20-28;1-7-5-3-2-4-6-7;1-2/h6-25H,5H2,1-4H3;3,5-13,15-19,21-24,26H,4,14,20,25H2,1-2H3;2-6H,1H3;1-2H3/b;5-3+,8-6-,9-7-,17-10-,18-12-;;. The van der Waals surface area contributed by atoms with Crippen molar-refractivity contribution in [2.75, 3.05) is 0 Å². The second kappa shape index (κ2) is 29.5. The van der Waals surface area contributed by atoms with E-state index in [-0.39, 0.29) is 5.41 Å². The largest absolute Gasteiger partial charge is 0.0877 e. The molecule has 0 aromatic heterocycles. The highest BCUT2D eigenvalue weighted by molar-refractivity contribution is 5.85. The molecule has 0 heteroatoms. The van der Waals surface area contributed by atoms with E-state index >= 15 is 0 Å². The zero-order valence-corrected chi connectivity index (χ0v) is 48.0. The Balaban J connectivity index is 0.000000196. The summed E-state index contributed by atoms with van der Waals surface area (Å²) in [5.41, 5.74) is 23.9. The average molecular weight is 1020 g/mol. The van der Waals surface area contributed by atoms with Crippen molar-refractivity contribution in [3.63, 3.8) is 0 Å². The topological polar surface area (TPSA) is 0 Å². The molecule has 8 aromatic rings. The lowest BCUT2D eigenvalue weighted by Gasteiger charge is -2.35. The van der Waals surface area contributed by atoms with Crippen LogP contribution < -0.4 is 0 Å². The second-order valence-corrected chi connectivity index (χ2v) is 20.2. The Hall–Kier alpha value is -8.06. The summed E-state index contributed by atoms with van der Waals surface area (Å²) in [4.78, 5) is 0. The molecular weight excluding hydrogens is 937 g/mol. The van der Waals surface area contributed by atoms with Crippen molar-refractivity contribution < 1.29 is 0 Å². The van der Waals surface area contributed by atoms with Crippen LogP contribution in [0, 0.1) is 20.8 Å². The Kier molecular flexibility index (Phi) is 21.8. The van der Waals surface area contributed by atoms with Crippen LogP contribution in [0.15, 0.2) is 267 Å². The van der Waals surface area contributed by atoms with E-state index in [9.17, 15) is 0 Å². The van der Waals surface area contributed by atoms with E-state index in [0.717, 1.165) is 32.1 Å². The molecule has 10 rings (SSSR count). The first-order chi connectivity index (χ1) is 38.2. The van der Waals surface area contributed by atoms with Crippen molar-refractivity contribution in [2.24, 2.45) is 0 Å². The molecule has 0 spiro atoms. The van der Waals surface area contributed by atoms with Gasteiger partial charge in [-0.3, -0.25) is 0 Å². The van der Waals surface area contributed by atoms with Gasteiger partial charge in [0.05, 0.1) is 0 Å². The fourth-order valence-electron chi connectivity index (χ4n) is 10.8. The summed E-state index contributed by atoms with van der Waals surface area (Å²) in [7, 11) is 0. The predicted octanol–water partition coefficient (Wildman–Crippen LogP) is 22.8. The number of hydrogen-bond donors (Lipinski definition) is 0. The highest BCUT2D eigenvalue weighted by Gasteiger charge is 2.44. The summed E-state index contributed by atoms with van der Waals surface area (Å²) in [6, 6.07) is 68.5. The first-order valence-electron chi connectivity index (χ1n) is 28.6. The summed E-state index contributed by atoms with van der Waals surface area (Å²) in [6.45, 7) is 19.3. The van der Waals surface area contributed by atoms with Crippen molar-refractivity contribution in [2.45, 2.75) is 106 Å². The summed E-state index contributed by atoms with van der Waals surface area (Å²) in [5, 5.41) is 0. The summed E-state index contributed by atoms with van der Waals surface area (Å²) < 4.78 is 0. The number of aryl methyl sites for hydroxylation is 3. The Bertz CT molecular complexity index is 3400. The number of rotatable bonds is 14. The number of benzene rings is 8. The molecule has 0 bridgehead atoms. The summed E-state index contributed by atoms with van der Waals surface area (Å²) in [6.07, 6.45) is 33.9. The van der Waals surface area contributed by atoms with E-state index < -0.39 is 0 Å². The van der Waals surface area contributed by atoms with Crippen LogP contribution in [0.4, 0.5) is 0 Å². The van der Waals surface area contributed by atoms with Crippen molar-refractivity contribution >= 4 is 6.08 Å². The lowest BCUT2D eigenvalue weighted by atomic mass is 9.67. The van der Waals surface area contributed by atoms with Crippen molar-refractivity contribution in [1.29, 1.82) is 0 Å². The van der Waals surface area contributed by atoms with E-state index in [0.29, 0.717) is 5.92 Å². The molecule has 8 aromatic carbocycles. The third-order valence-corrected chi connectivity index (χ3v) is 15.0. The van der Waals surface area contributed by atoms with Crippen LogP contribution in [-0.2, 0) is 5.41 Å². The first kappa shape index (κ1) is 57.6. The molecule has 0 aliphatic heterocycles. The van der Waals surface area contributed by atoms with Gasteiger partial charge < -0.3 is 0 Å². The minimum absolute atomic E-state index is 0.113. The zero-order valence-electron chi connectivity index (χ0n) is 48.0. The molecule has 0 saturated carbocycles. The van der Waals surface area contributed by atoms with Gasteiger partial charge in [0, 0.05) is 5.41 Å². The van der Waals surface area contributed by atoms with Gasteiger partial charge in [0.25, 0.3) is 0 Å². The monoisotopic (exact) mass is 1020 g/mol. The van der Waals surface area contributed by atoms with E-state index in [1.807, 2.05) is 45.0 Å². The van der Waals surface area contributed by atoms with Crippen molar-refractivity contribution in [3.05, 3.63) is 305 Å². The highest BCUT2D eigenvalue weighted by Crippen LogP contribution is 2.56. The molecule has 0 radical (unpaired) electrons. The molecular formula is C78H82. The molecule has 0 amide bonds. The quantitative estimate of drug-likeness (QED) is 0.0953. The van der Waals surface area contributed by atoms with Gasteiger partial charge in [0.15, 0.2) is 0 Å². The molecule has 2 atom stereocenters. The van der Waals surface area contributed by atoms with Crippen LogP contribution in [0.3, 0.4) is 0 Å². The lowest BCUT2D eigenvalue weighted by Crippen LogP contribution is -2.28. The van der Waals surface area contributed by atoms with Crippen LogP contribution in [0.1, 0.15) is 119 Å². The zero-order chi connectivity index (χ0) is 55.1. The molecule has 0 saturated heterocycles. The third kappa shape index (κ3) is 14.3. The van der Waals surface area contributed by atoms with E-state index in [1.54, 1.807) is 0 Å². The van der Waals surface area contributed by atoms with Gasteiger partial charge in [-0.15, -0.1) is 0 Å². The van der Waals surface area contributed by atoms with E-state index in [1.165, 1.54) is 100 Å². The second-order valence-electron chi connectivity index (χ2n) is 20.2. The van der Waals surface area contributed by atoms with E-state index in [4.69, 9.17) is 0 Å². The maximum absolute atomic E-state index is 2.42. The van der Waals surface area contributed by atoms with Crippen LogP contribution in [0.25, 0.3) is 61.7 Å². The molecule has 0 fully saturated rings. The molecule has 0 N–H and O–H groups in total. The van der Waals surface area contributed by atoms with Crippen molar-refractivity contribution in [1.82, 2.24) is 0 Å². The van der Waals surface area contributed by atoms with Crippen LogP contribution in [0.2, 0.25) is 0 Å². The minimum atomic E-state index is -0.113. The maximum atomic E-state index is 2.42. The smallest absolute Gasteiger partial charge is 0.0461 e. The molecule has 2 aliphatic rings. The Morgan fingerprint density at radius 3 is 1.82 bits per heavy atom. The minimum Gasteiger partial charge on any atom is -0.0877 e. The fraction of sp³-hybridized carbons (Fsp3) is 0.205. The molecule has 394 valence electrons.